The normalized spacial score (nSPS) is 32.0. The van der Waals surface area contributed by atoms with Crippen LogP contribution in [0.15, 0.2) is 39.5 Å². The van der Waals surface area contributed by atoms with Crippen molar-refractivity contribution in [1.82, 2.24) is 0 Å². The Morgan fingerprint density at radius 1 is 0.756 bits per heavy atom. The number of phenols is 3. The van der Waals surface area contributed by atoms with Crippen LogP contribution in [0.3, 0.4) is 0 Å². The second-order valence-corrected chi connectivity index (χ2v) is 10.4. The summed E-state index contributed by atoms with van der Waals surface area (Å²) in [4.78, 5) is 12.9. The summed E-state index contributed by atoms with van der Waals surface area (Å²) in [6.45, 7) is -1.62. The Kier molecular flexibility index (Phi) is 9.38. The maximum Gasteiger partial charge on any atom is 0.229 e. The topological polar surface area (TPSA) is 279 Å². The summed E-state index contributed by atoms with van der Waals surface area (Å²) < 4.78 is 32.9. The highest BCUT2D eigenvalue weighted by Crippen LogP contribution is 2.43. The zero-order valence-electron chi connectivity index (χ0n) is 23.4. The third-order valence-electron chi connectivity index (χ3n) is 7.60. The zero-order valence-corrected chi connectivity index (χ0v) is 23.4. The monoisotopic (exact) mass is 640 g/mol. The number of phenolic OH excluding ortho intramolecular Hbond substituents is 3. The van der Waals surface area contributed by atoms with Crippen molar-refractivity contribution in [3.8, 4) is 40.1 Å². The highest BCUT2D eigenvalue weighted by atomic mass is 16.8. The van der Waals surface area contributed by atoms with Crippen molar-refractivity contribution in [3.05, 3.63) is 40.6 Å². The molecule has 10 atom stereocenters. The minimum absolute atomic E-state index is 0.0573. The van der Waals surface area contributed by atoms with Crippen molar-refractivity contribution in [1.29, 1.82) is 0 Å². The SMILES string of the molecule is COc1ccc(-c2cc(=O)c3c(O)c(O)c(O[C@@H]4O[C@@H](CO)[C@H](O)[C@H](O)[C@@H]4O[C@H]4O[C@H](CO)[C@H](O)[C@@H](O)[C@@H]4O)cc3o2)cc1O. The molecule has 10 N–H and O–H groups in total. The fraction of sp³-hybridized carbons (Fsp3) is 0.464. The van der Waals surface area contributed by atoms with Gasteiger partial charge in [-0.05, 0) is 18.2 Å². The number of fused-ring (bicyclic) bond motifs is 1. The van der Waals surface area contributed by atoms with Crippen LogP contribution in [-0.4, -0.2) is 133 Å². The summed E-state index contributed by atoms with van der Waals surface area (Å²) in [5, 5.41) is 102. The average molecular weight is 641 g/mol. The van der Waals surface area contributed by atoms with Crippen molar-refractivity contribution in [2.75, 3.05) is 20.3 Å². The quantitative estimate of drug-likeness (QED) is 0.115. The highest BCUT2D eigenvalue weighted by molar-refractivity contribution is 5.89. The van der Waals surface area contributed by atoms with Crippen molar-refractivity contribution < 1.29 is 79.2 Å². The lowest BCUT2D eigenvalue weighted by Crippen LogP contribution is -2.65. The summed E-state index contributed by atoms with van der Waals surface area (Å²) in [6.07, 6.45) is -17.6. The first kappa shape index (κ1) is 32.6. The molecule has 2 fully saturated rings. The Hall–Kier alpha value is -3.75. The first-order valence-corrected chi connectivity index (χ1v) is 13.5. The molecule has 0 saturated carbocycles. The van der Waals surface area contributed by atoms with Crippen LogP contribution in [0, 0.1) is 0 Å². The molecule has 45 heavy (non-hydrogen) atoms. The average Bonchev–Trinajstić information content (AvgIpc) is 3.02. The number of hydrogen-bond acceptors (Lipinski definition) is 17. The van der Waals surface area contributed by atoms with Crippen LogP contribution in [0.25, 0.3) is 22.3 Å². The lowest BCUT2D eigenvalue weighted by atomic mass is 9.97. The van der Waals surface area contributed by atoms with E-state index in [1.165, 1.54) is 25.3 Å². The molecule has 5 rings (SSSR count). The number of rotatable bonds is 8. The molecule has 0 amide bonds. The largest absolute Gasteiger partial charge is 0.504 e. The molecule has 3 heterocycles. The van der Waals surface area contributed by atoms with Gasteiger partial charge in [0.25, 0.3) is 0 Å². The summed E-state index contributed by atoms with van der Waals surface area (Å²) in [7, 11) is 1.35. The Morgan fingerprint density at radius 2 is 1.40 bits per heavy atom. The first-order valence-electron chi connectivity index (χ1n) is 13.5. The van der Waals surface area contributed by atoms with E-state index in [0.717, 1.165) is 12.1 Å². The molecule has 0 unspecified atom stereocenters. The summed E-state index contributed by atoms with van der Waals surface area (Å²) in [6, 6.07) is 6.18. The Labute approximate surface area is 252 Å². The molecular formula is C28H32O17. The number of ether oxygens (including phenoxy) is 5. The van der Waals surface area contributed by atoms with Gasteiger partial charge in [0.05, 0.1) is 20.3 Å². The fourth-order valence-electron chi connectivity index (χ4n) is 5.10. The van der Waals surface area contributed by atoms with Gasteiger partial charge in [0.1, 0.15) is 59.5 Å². The predicted molar refractivity (Wildman–Crippen MR) is 146 cm³/mol. The van der Waals surface area contributed by atoms with E-state index in [1.54, 1.807) is 0 Å². The van der Waals surface area contributed by atoms with E-state index < -0.39 is 103 Å². The first-order chi connectivity index (χ1) is 21.4. The van der Waals surface area contributed by atoms with E-state index in [1.807, 2.05) is 0 Å². The molecule has 0 spiro atoms. The van der Waals surface area contributed by atoms with Gasteiger partial charge in [-0.3, -0.25) is 4.79 Å². The molecular weight excluding hydrogens is 608 g/mol. The number of benzene rings is 2. The second-order valence-electron chi connectivity index (χ2n) is 10.4. The fourth-order valence-corrected chi connectivity index (χ4v) is 5.10. The van der Waals surface area contributed by atoms with Gasteiger partial charge < -0.3 is 79.2 Å². The van der Waals surface area contributed by atoms with Gasteiger partial charge in [-0.25, -0.2) is 0 Å². The Balaban J connectivity index is 1.52. The van der Waals surface area contributed by atoms with E-state index >= 15 is 0 Å². The van der Waals surface area contributed by atoms with Crippen LogP contribution in [0.1, 0.15) is 0 Å². The summed E-state index contributed by atoms with van der Waals surface area (Å²) >= 11 is 0. The van der Waals surface area contributed by atoms with E-state index in [-0.39, 0.29) is 28.4 Å². The van der Waals surface area contributed by atoms with Gasteiger partial charge in [0.2, 0.25) is 12.0 Å². The van der Waals surface area contributed by atoms with Gasteiger partial charge in [0, 0.05) is 17.7 Å². The molecule has 0 bridgehead atoms. The standard InChI is InChI=1S/C28H32O17/c1-40-12-3-2-9(4-10(12)31)13-5-11(32)18-14(41-13)6-15(19(33)22(18)36)42-28-26(24(38)21(35)17(8-30)44-28)45-27-25(39)23(37)20(34)16(7-29)43-27/h2-6,16-17,20-21,23-31,33-39H,7-8H2,1H3/t16-,17+,20+,21+,23-,24+,25+,26+,27-,28-/m1/s1. The van der Waals surface area contributed by atoms with Crippen molar-refractivity contribution in [3.63, 3.8) is 0 Å². The minimum atomic E-state index is -1.92. The van der Waals surface area contributed by atoms with E-state index in [9.17, 15) is 55.9 Å². The molecule has 246 valence electrons. The van der Waals surface area contributed by atoms with Crippen LogP contribution in [0.4, 0.5) is 0 Å². The molecule has 2 aliphatic rings. The third-order valence-corrected chi connectivity index (χ3v) is 7.60. The molecule has 1 aromatic heterocycles. The lowest BCUT2D eigenvalue weighted by Gasteiger charge is -2.45. The molecule has 0 radical (unpaired) electrons. The van der Waals surface area contributed by atoms with Crippen molar-refractivity contribution >= 4 is 11.0 Å². The summed E-state index contributed by atoms with van der Waals surface area (Å²) in [5.41, 5.74) is -0.842. The molecule has 2 saturated heterocycles. The van der Waals surface area contributed by atoms with Crippen LogP contribution < -0.4 is 14.9 Å². The van der Waals surface area contributed by atoms with Gasteiger partial charge >= 0.3 is 0 Å². The number of methoxy groups -OCH3 is 1. The molecule has 2 aromatic carbocycles. The van der Waals surface area contributed by atoms with Gasteiger partial charge in [-0.1, -0.05) is 0 Å². The molecule has 3 aromatic rings. The number of aliphatic hydroxyl groups is 7. The molecule has 17 heteroatoms. The maximum atomic E-state index is 12.9. The summed E-state index contributed by atoms with van der Waals surface area (Å²) in [5.74, 6) is -2.68. The Morgan fingerprint density at radius 3 is 2.02 bits per heavy atom. The Bertz CT molecular complexity index is 1570. The van der Waals surface area contributed by atoms with Gasteiger partial charge in [0.15, 0.2) is 40.8 Å². The lowest BCUT2D eigenvalue weighted by molar-refractivity contribution is -0.358. The number of aromatic hydroxyl groups is 3. The number of aliphatic hydroxyl groups excluding tert-OH is 7. The van der Waals surface area contributed by atoms with Crippen LogP contribution >= 0.6 is 0 Å². The van der Waals surface area contributed by atoms with Crippen LogP contribution in [-0.2, 0) is 14.2 Å². The molecule has 17 nitrogen and oxygen atoms in total. The van der Waals surface area contributed by atoms with Crippen molar-refractivity contribution in [2.45, 2.75) is 61.4 Å². The van der Waals surface area contributed by atoms with Crippen LogP contribution in [0.5, 0.6) is 28.7 Å². The zero-order chi connectivity index (χ0) is 32.7. The molecule has 0 aliphatic carbocycles. The van der Waals surface area contributed by atoms with Gasteiger partial charge in [-0.2, -0.15) is 0 Å². The predicted octanol–water partition coefficient (Wildman–Crippen LogP) is -2.41. The maximum absolute atomic E-state index is 12.9. The number of hydrogen-bond donors (Lipinski definition) is 10. The van der Waals surface area contributed by atoms with Crippen molar-refractivity contribution in [2.24, 2.45) is 0 Å². The third kappa shape index (κ3) is 5.98. The smallest absolute Gasteiger partial charge is 0.229 e. The second kappa shape index (κ2) is 12.9. The molecule has 2 aliphatic heterocycles. The van der Waals surface area contributed by atoms with Gasteiger partial charge in [-0.15, -0.1) is 0 Å². The minimum Gasteiger partial charge on any atom is -0.504 e. The highest BCUT2D eigenvalue weighted by Gasteiger charge is 2.51. The van der Waals surface area contributed by atoms with Crippen LogP contribution in [0.2, 0.25) is 0 Å². The van der Waals surface area contributed by atoms with E-state index in [4.69, 9.17) is 28.1 Å². The van der Waals surface area contributed by atoms with E-state index in [2.05, 4.69) is 0 Å². The van der Waals surface area contributed by atoms with E-state index in [0.29, 0.717) is 0 Å².